The summed E-state index contributed by atoms with van der Waals surface area (Å²) in [5, 5.41) is 2.88. The van der Waals surface area contributed by atoms with Gasteiger partial charge in [0.25, 0.3) is 0 Å². The van der Waals surface area contributed by atoms with Crippen LogP contribution in [0.3, 0.4) is 0 Å². The molecule has 0 aromatic heterocycles. The molecule has 1 aromatic carbocycles. The van der Waals surface area contributed by atoms with E-state index in [-0.39, 0.29) is 6.03 Å². The Kier molecular flexibility index (Phi) is 3.26. The van der Waals surface area contributed by atoms with Crippen LogP contribution in [0.2, 0.25) is 0 Å². The Labute approximate surface area is 97.6 Å². The van der Waals surface area contributed by atoms with Crippen LogP contribution >= 0.6 is 15.9 Å². The van der Waals surface area contributed by atoms with E-state index in [1.807, 2.05) is 29.2 Å². The van der Waals surface area contributed by atoms with E-state index in [9.17, 15) is 4.79 Å². The molecule has 0 aliphatic carbocycles. The van der Waals surface area contributed by atoms with Crippen molar-refractivity contribution in [3.8, 4) is 0 Å². The lowest BCUT2D eigenvalue weighted by atomic mass is 10.3. The van der Waals surface area contributed by atoms with Gasteiger partial charge in [0.1, 0.15) is 0 Å². The van der Waals surface area contributed by atoms with Gasteiger partial charge in [0.05, 0.1) is 0 Å². The van der Waals surface area contributed by atoms with E-state index in [4.69, 9.17) is 0 Å². The molecule has 2 rings (SSSR count). The van der Waals surface area contributed by atoms with Gasteiger partial charge in [0.15, 0.2) is 0 Å². The highest BCUT2D eigenvalue weighted by Crippen LogP contribution is 2.17. The number of hydrogen-bond acceptors (Lipinski definition) is 1. The topological polar surface area (TPSA) is 32.3 Å². The molecule has 1 aromatic rings. The summed E-state index contributed by atoms with van der Waals surface area (Å²) in [6, 6.07) is 7.63. The fraction of sp³-hybridized carbons (Fsp3) is 0.364. The summed E-state index contributed by atoms with van der Waals surface area (Å²) in [5.74, 6) is 0. The number of nitrogens with zero attached hydrogens (tertiary/aromatic N) is 1. The molecule has 15 heavy (non-hydrogen) atoms. The van der Waals surface area contributed by atoms with Gasteiger partial charge in [-0.05, 0) is 31.0 Å². The SMILES string of the molecule is O=C(Nc1cccc(Br)c1)N1CCCC1. The quantitative estimate of drug-likeness (QED) is 0.834. The Balaban J connectivity index is 1.99. The Morgan fingerprint density at radius 3 is 2.73 bits per heavy atom. The molecule has 3 nitrogen and oxygen atoms in total. The van der Waals surface area contributed by atoms with Crippen LogP contribution in [-0.4, -0.2) is 24.0 Å². The monoisotopic (exact) mass is 268 g/mol. The maximum atomic E-state index is 11.7. The van der Waals surface area contributed by atoms with Gasteiger partial charge >= 0.3 is 6.03 Å². The molecule has 4 heteroatoms. The maximum Gasteiger partial charge on any atom is 0.321 e. The van der Waals surface area contributed by atoms with Gasteiger partial charge in [-0.1, -0.05) is 22.0 Å². The van der Waals surface area contributed by atoms with E-state index in [1.54, 1.807) is 0 Å². The molecular weight excluding hydrogens is 256 g/mol. The van der Waals surface area contributed by atoms with Crippen molar-refractivity contribution in [1.82, 2.24) is 4.90 Å². The van der Waals surface area contributed by atoms with E-state index in [1.165, 1.54) is 0 Å². The van der Waals surface area contributed by atoms with Crippen molar-refractivity contribution in [2.75, 3.05) is 18.4 Å². The number of benzene rings is 1. The third-order valence-electron chi connectivity index (χ3n) is 2.47. The summed E-state index contributed by atoms with van der Waals surface area (Å²) >= 11 is 3.37. The number of nitrogens with one attached hydrogen (secondary N) is 1. The number of hydrogen-bond donors (Lipinski definition) is 1. The average molecular weight is 269 g/mol. The number of rotatable bonds is 1. The number of anilines is 1. The van der Waals surface area contributed by atoms with Gasteiger partial charge < -0.3 is 10.2 Å². The van der Waals surface area contributed by atoms with Crippen LogP contribution in [0.15, 0.2) is 28.7 Å². The van der Waals surface area contributed by atoms with Crippen molar-refractivity contribution in [1.29, 1.82) is 0 Å². The first kappa shape index (κ1) is 10.5. The zero-order valence-corrected chi connectivity index (χ0v) is 9.96. The molecule has 1 N–H and O–H groups in total. The molecular formula is C11H13BrN2O. The third-order valence-corrected chi connectivity index (χ3v) is 2.96. The van der Waals surface area contributed by atoms with E-state index >= 15 is 0 Å². The zero-order valence-electron chi connectivity index (χ0n) is 8.37. The minimum absolute atomic E-state index is 0.00519. The highest BCUT2D eigenvalue weighted by molar-refractivity contribution is 9.10. The molecule has 1 heterocycles. The molecule has 0 spiro atoms. The van der Waals surface area contributed by atoms with Crippen molar-refractivity contribution >= 4 is 27.6 Å². The van der Waals surface area contributed by atoms with Crippen molar-refractivity contribution in [2.45, 2.75) is 12.8 Å². The fourth-order valence-corrected chi connectivity index (χ4v) is 2.09. The second kappa shape index (κ2) is 4.66. The number of halogens is 1. The number of urea groups is 1. The highest BCUT2D eigenvalue weighted by Gasteiger charge is 2.17. The van der Waals surface area contributed by atoms with Crippen LogP contribution in [0.5, 0.6) is 0 Å². The minimum atomic E-state index is 0.00519. The Hall–Kier alpha value is -1.03. The summed E-state index contributed by atoms with van der Waals surface area (Å²) in [6.07, 6.45) is 2.23. The summed E-state index contributed by atoms with van der Waals surface area (Å²) < 4.78 is 0.974. The first-order valence-electron chi connectivity index (χ1n) is 5.07. The van der Waals surface area contributed by atoms with Crippen LogP contribution in [0.1, 0.15) is 12.8 Å². The molecule has 80 valence electrons. The van der Waals surface area contributed by atoms with Crippen molar-refractivity contribution in [3.63, 3.8) is 0 Å². The maximum absolute atomic E-state index is 11.7. The van der Waals surface area contributed by atoms with Gasteiger partial charge in [-0.15, -0.1) is 0 Å². The Bertz CT molecular complexity index is 361. The second-order valence-electron chi connectivity index (χ2n) is 3.63. The van der Waals surface area contributed by atoms with Crippen LogP contribution in [0, 0.1) is 0 Å². The largest absolute Gasteiger partial charge is 0.325 e. The predicted molar refractivity (Wildman–Crippen MR) is 64.0 cm³/mol. The normalized spacial score (nSPS) is 15.4. The molecule has 0 radical (unpaired) electrons. The van der Waals surface area contributed by atoms with E-state index < -0.39 is 0 Å². The fourth-order valence-electron chi connectivity index (χ4n) is 1.69. The van der Waals surface area contributed by atoms with E-state index in [0.717, 1.165) is 36.1 Å². The lowest BCUT2D eigenvalue weighted by molar-refractivity contribution is 0.222. The van der Waals surface area contributed by atoms with Gasteiger partial charge in [0, 0.05) is 23.2 Å². The Morgan fingerprint density at radius 1 is 1.33 bits per heavy atom. The van der Waals surface area contributed by atoms with E-state index in [0.29, 0.717) is 0 Å². The third kappa shape index (κ3) is 2.72. The second-order valence-corrected chi connectivity index (χ2v) is 4.55. The summed E-state index contributed by atoms with van der Waals surface area (Å²) in [4.78, 5) is 13.6. The molecule has 1 fully saturated rings. The average Bonchev–Trinajstić information content (AvgIpc) is 2.70. The van der Waals surface area contributed by atoms with E-state index in [2.05, 4.69) is 21.2 Å². The molecule has 0 saturated carbocycles. The minimum Gasteiger partial charge on any atom is -0.325 e. The highest BCUT2D eigenvalue weighted by atomic mass is 79.9. The van der Waals surface area contributed by atoms with Crippen molar-refractivity contribution in [2.24, 2.45) is 0 Å². The molecule has 1 aliphatic rings. The van der Waals surface area contributed by atoms with Crippen molar-refractivity contribution in [3.05, 3.63) is 28.7 Å². The van der Waals surface area contributed by atoms with Gasteiger partial charge in [-0.2, -0.15) is 0 Å². The molecule has 0 unspecified atom stereocenters. The van der Waals surface area contributed by atoms with Gasteiger partial charge in [-0.25, -0.2) is 4.79 Å². The first-order valence-corrected chi connectivity index (χ1v) is 5.86. The number of amides is 2. The summed E-state index contributed by atoms with van der Waals surface area (Å²) in [6.45, 7) is 1.75. The van der Waals surface area contributed by atoms with Crippen LogP contribution in [0.4, 0.5) is 10.5 Å². The molecule has 0 bridgehead atoms. The smallest absolute Gasteiger partial charge is 0.321 e. The number of carbonyl (C=O) groups excluding carboxylic acids is 1. The first-order chi connectivity index (χ1) is 7.25. The Morgan fingerprint density at radius 2 is 2.07 bits per heavy atom. The van der Waals surface area contributed by atoms with Gasteiger partial charge in [0.2, 0.25) is 0 Å². The standard InChI is InChI=1S/C11H13BrN2O/c12-9-4-3-5-10(8-9)13-11(15)14-6-1-2-7-14/h3-5,8H,1-2,6-7H2,(H,13,15). The molecule has 1 saturated heterocycles. The predicted octanol–water partition coefficient (Wildman–Crippen LogP) is 3.08. The van der Waals surface area contributed by atoms with Gasteiger partial charge in [-0.3, -0.25) is 0 Å². The lowest BCUT2D eigenvalue weighted by Crippen LogP contribution is -2.32. The van der Waals surface area contributed by atoms with Crippen LogP contribution in [-0.2, 0) is 0 Å². The van der Waals surface area contributed by atoms with Crippen molar-refractivity contribution < 1.29 is 4.79 Å². The molecule has 0 atom stereocenters. The van der Waals surface area contributed by atoms with Crippen LogP contribution < -0.4 is 5.32 Å². The molecule has 1 aliphatic heterocycles. The lowest BCUT2D eigenvalue weighted by Gasteiger charge is -2.16. The molecule has 2 amide bonds. The summed E-state index contributed by atoms with van der Waals surface area (Å²) in [5.41, 5.74) is 0.835. The number of likely N-dealkylation sites (tertiary alicyclic amines) is 1. The van der Waals surface area contributed by atoms with Crippen LogP contribution in [0.25, 0.3) is 0 Å². The zero-order chi connectivity index (χ0) is 10.7. The number of carbonyl (C=O) groups is 1. The summed E-state index contributed by atoms with van der Waals surface area (Å²) in [7, 11) is 0.